The Morgan fingerprint density at radius 2 is 2.00 bits per heavy atom. The zero-order chi connectivity index (χ0) is 11.4. The minimum Gasteiger partial charge on any atom is -0.389 e. The summed E-state index contributed by atoms with van der Waals surface area (Å²) in [6.07, 6.45) is 2.45. The number of hydrogen-bond donors (Lipinski definition) is 2. The van der Waals surface area contributed by atoms with Crippen LogP contribution < -0.4 is 0 Å². The van der Waals surface area contributed by atoms with E-state index in [9.17, 15) is 5.11 Å². The van der Waals surface area contributed by atoms with E-state index >= 15 is 0 Å². The summed E-state index contributed by atoms with van der Waals surface area (Å²) in [5, 5.41) is 10.6. The maximum absolute atomic E-state index is 10.6. The first kappa shape index (κ1) is 14.0. The van der Waals surface area contributed by atoms with Gasteiger partial charge in [-0.05, 0) is 24.4 Å². The number of rotatable bonds is 6. The molecule has 0 radical (unpaired) electrons. The Bertz CT molecular complexity index is 192. The van der Waals surface area contributed by atoms with Crippen molar-refractivity contribution in [3.8, 4) is 0 Å². The van der Waals surface area contributed by atoms with Crippen LogP contribution in [0.15, 0.2) is 12.7 Å². The van der Waals surface area contributed by atoms with E-state index in [4.69, 9.17) is 4.55 Å². The molecule has 0 aromatic rings. The first-order valence-electron chi connectivity index (χ1n) is 4.98. The van der Waals surface area contributed by atoms with Gasteiger partial charge in [0.1, 0.15) is 0 Å². The molecule has 2 nitrogen and oxygen atoms in total. The van der Waals surface area contributed by atoms with E-state index in [1.807, 2.05) is 27.7 Å². The fourth-order valence-electron chi connectivity index (χ4n) is 1.87. The number of aliphatic hydroxyl groups is 1. The van der Waals surface area contributed by atoms with Gasteiger partial charge < -0.3 is 9.66 Å². The molecule has 0 saturated carbocycles. The van der Waals surface area contributed by atoms with Crippen molar-refractivity contribution >= 4 is 12.0 Å². The third-order valence-electron chi connectivity index (χ3n) is 3.30. The van der Waals surface area contributed by atoms with Crippen molar-refractivity contribution in [2.75, 3.05) is 5.75 Å². The second-order valence-electron chi connectivity index (χ2n) is 4.40. The van der Waals surface area contributed by atoms with E-state index in [1.54, 1.807) is 6.08 Å². The highest BCUT2D eigenvalue weighted by molar-refractivity contribution is 7.93. The largest absolute Gasteiger partial charge is 0.389 e. The fourth-order valence-corrected chi connectivity index (χ4v) is 2.36. The molecule has 0 fully saturated rings. The molecule has 84 valence electrons. The van der Waals surface area contributed by atoms with Crippen molar-refractivity contribution in [2.24, 2.45) is 11.3 Å². The lowest BCUT2D eigenvalue weighted by Crippen LogP contribution is -2.49. The van der Waals surface area contributed by atoms with Gasteiger partial charge in [0.05, 0.1) is 5.60 Å². The topological polar surface area (TPSA) is 40.5 Å². The average molecular weight is 218 g/mol. The molecule has 0 amide bonds. The molecule has 0 aromatic carbocycles. The second-order valence-corrected chi connectivity index (χ2v) is 4.99. The SMILES string of the molecule is C=CC(C)(C)C(O)(CC)C(C)CSO. The van der Waals surface area contributed by atoms with Crippen LogP contribution in [0.1, 0.15) is 34.1 Å². The van der Waals surface area contributed by atoms with Crippen LogP contribution in [0.4, 0.5) is 0 Å². The van der Waals surface area contributed by atoms with E-state index in [2.05, 4.69) is 6.58 Å². The molecule has 0 heterocycles. The molecule has 0 aliphatic rings. The first-order valence-corrected chi connectivity index (χ1v) is 5.92. The Kier molecular flexibility index (Phi) is 5.20. The molecule has 2 unspecified atom stereocenters. The van der Waals surface area contributed by atoms with E-state index in [-0.39, 0.29) is 11.3 Å². The second kappa shape index (κ2) is 5.19. The minimum atomic E-state index is -0.801. The quantitative estimate of drug-likeness (QED) is 0.531. The predicted octanol–water partition coefficient (Wildman–Crippen LogP) is 3.18. The standard InChI is InChI=1S/C11H22O2S/c1-6-10(4,5)11(12,7-2)9(3)8-14-13/h6,9,12-13H,1,7-8H2,2-5H3. The van der Waals surface area contributed by atoms with Crippen molar-refractivity contribution in [2.45, 2.75) is 39.7 Å². The summed E-state index contributed by atoms with van der Waals surface area (Å²) in [6.45, 7) is 11.6. The van der Waals surface area contributed by atoms with Gasteiger partial charge in [0, 0.05) is 11.2 Å². The van der Waals surface area contributed by atoms with Crippen LogP contribution in [0.5, 0.6) is 0 Å². The van der Waals surface area contributed by atoms with Crippen molar-refractivity contribution in [3.63, 3.8) is 0 Å². The van der Waals surface area contributed by atoms with Gasteiger partial charge in [-0.25, -0.2) is 0 Å². The average Bonchev–Trinajstić information content (AvgIpc) is 2.16. The maximum Gasteiger partial charge on any atom is 0.0763 e. The van der Waals surface area contributed by atoms with E-state index < -0.39 is 5.60 Å². The molecule has 14 heavy (non-hydrogen) atoms. The lowest BCUT2D eigenvalue weighted by Gasteiger charge is -2.44. The van der Waals surface area contributed by atoms with Crippen LogP contribution in [0.25, 0.3) is 0 Å². The highest BCUT2D eigenvalue weighted by Gasteiger charge is 2.43. The van der Waals surface area contributed by atoms with Crippen molar-refractivity contribution in [1.82, 2.24) is 0 Å². The lowest BCUT2D eigenvalue weighted by atomic mass is 9.67. The van der Waals surface area contributed by atoms with Crippen LogP contribution in [-0.4, -0.2) is 21.0 Å². The minimum absolute atomic E-state index is 0.0375. The highest BCUT2D eigenvalue weighted by atomic mass is 32.2. The third kappa shape index (κ3) is 2.53. The monoisotopic (exact) mass is 218 g/mol. The molecular weight excluding hydrogens is 196 g/mol. The Morgan fingerprint density at radius 1 is 1.50 bits per heavy atom. The van der Waals surface area contributed by atoms with Crippen LogP contribution in [0.2, 0.25) is 0 Å². The Labute approximate surface area is 91.6 Å². The van der Waals surface area contributed by atoms with Crippen LogP contribution in [0.3, 0.4) is 0 Å². The zero-order valence-electron chi connectivity index (χ0n) is 9.58. The van der Waals surface area contributed by atoms with E-state index in [0.29, 0.717) is 12.2 Å². The molecule has 3 heteroatoms. The molecule has 0 aliphatic heterocycles. The van der Waals surface area contributed by atoms with Gasteiger partial charge in [-0.15, -0.1) is 6.58 Å². The molecule has 0 spiro atoms. The third-order valence-corrected chi connectivity index (χ3v) is 3.95. The molecule has 0 saturated heterocycles. The van der Waals surface area contributed by atoms with Crippen molar-refractivity contribution in [3.05, 3.63) is 12.7 Å². The highest BCUT2D eigenvalue weighted by Crippen LogP contribution is 2.41. The molecule has 0 aromatic heterocycles. The van der Waals surface area contributed by atoms with Crippen LogP contribution in [0, 0.1) is 11.3 Å². The van der Waals surface area contributed by atoms with Gasteiger partial charge in [-0.2, -0.15) is 0 Å². The predicted molar refractivity (Wildman–Crippen MR) is 63.5 cm³/mol. The lowest BCUT2D eigenvalue weighted by molar-refractivity contribution is -0.0821. The van der Waals surface area contributed by atoms with Crippen molar-refractivity contribution in [1.29, 1.82) is 0 Å². The van der Waals surface area contributed by atoms with Crippen LogP contribution >= 0.6 is 12.0 Å². The van der Waals surface area contributed by atoms with E-state index in [0.717, 1.165) is 12.0 Å². The van der Waals surface area contributed by atoms with Gasteiger partial charge in [-0.1, -0.05) is 33.8 Å². The summed E-state index contributed by atoms with van der Waals surface area (Å²) in [4.78, 5) is 0. The van der Waals surface area contributed by atoms with Gasteiger partial charge >= 0.3 is 0 Å². The van der Waals surface area contributed by atoms with Gasteiger partial charge in [-0.3, -0.25) is 0 Å². The summed E-state index contributed by atoms with van der Waals surface area (Å²) in [5.41, 5.74) is -1.14. The fraction of sp³-hybridized carbons (Fsp3) is 0.818. The first-order chi connectivity index (χ1) is 6.35. The molecule has 0 aliphatic carbocycles. The molecule has 0 bridgehead atoms. The van der Waals surface area contributed by atoms with Gasteiger partial charge in [0.25, 0.3) is 0 Å². The van der Waals surface area contributed by atoms with Crippen molar-refractivity contribution < 1.29 is 9.66 Å². The smallest absolute Gasteiger partial charge is 0.0763 e. The normalized spacial score (nSPS) is 18.7. The maximum atomic E-state index is 10.6. The zero-order valence-corrected chi connectivity index (χ0v) is 10.4. The summed E-state index contributed by atoms with van der Waals surface area (Å²) in [7, 11) is 0. The summed E-state index contributed by atoms with van der Waals surface area (Å²) in [5.74, 6) is 0.581. The summed E-state index contributed by atoms with van der Waals surface area (Å²) in [6, 6.07) is 0. The molecular formula is C11H22O2S. The van der Waals surface area contributed by atoms with Gasteiger partial charge in [0.15, 0.2) is 0 Å². The molecule has 2 N–H and O–H groups in total. The van der Waals surface area contributed by atoms with Crippen LogP contribution in [-0.2, 0) is 0 Å². The number of hydrogen-bond acceptors (Lipinski definition) is 3. The summed E-state index contributed by atoms with van der Waals surface area (Å²) >= 11 is 0.784. The van der Waals surface area contributed by atoms with Gasteiger partial charge in [0.2, 0.25) is 0 Å². The molecule has 0 rings (SSSR count). The molecule has 2 atom stereocenters. The Morgan fingerprint density at radius 3 is 2.29 bits per heavy atom. The summed E-state index contributed by atoms with van der Waals surface area (Å²) < 4.78 is 8.81. The Hall–Kier alpha value is 0.01000. The van der Waals surface area contributed by atoms with E-state index in [1.165, 1.54) is 0 Å². The Balaban J connectivity index is 4.86.